The zero-order valence-corrected chi connectivity index (χ0v) is 40.5. The van der Waals surface area contributed by atoms with Gasteiger partial charge in [0, 0.05) is 12.8 Å². The molecular formula is C58H88O6. The summed E-state index contributed by atoms with van der Waals surface area (Å²) >= 11 is 0. The highest BCUT2D eigenvalue weighted by atomic mass is 16.6. The normalized spacial score (nSPS) is 13.4. The van der Waals surface area contributed by atoms with Gasteiger partial charge in [-0.05, 0) is 109 Å². The molecule has 0 amide bonds. The molecule has 0 saturated carbocycles. The number of hydrogen-bond donors (Lipinski definition) is 0. The van der Waals surface area contributed by atoms with Crippen molar-refractivity contribution in [3.63, 3.8) is 0 Å². The van der Waals surface area contributed by atoms with E-state index in [1.54, 1.807) is 6.08 Å². The van der Waals surface area contributed by atoms with Crippen molar-refractivity contribution in [2.45, 2.75) is 187 Å². The van der Waals surface area contributed by atoms with Gasteiger partial charge in [-0.25, -0.2) is 0 Å². The number of hydrogen-bond acceptors (Lipinski definition) is 6. The highest BCUT2D eigenvalue weighted by Crippen LogP contribution is 2.10. The van der Waals surface area contributed by atoms with Crippen molar-refractivity contribution in [3.8, 4) is 0 Å². The van der Waals surface area contributed by atoms with E-state index in [9.17, 15) is 14.4 Å². The van der Waals surface area contributed by atoms with Crippen molar-refractivity contribution < 1.29 is 28.6 Å². The van der Waals surface area contributed by atoms with Crippen LogP contribution in [-0.2, 0) is 28.6 Å². The van der Waals surface area contributed by atoms with Crippen LogP contribution >= 0.6 is 0 Å². The standard InChI is InChI=1S/C58H88O6/c1-4-7-10-13-16-19-22-25-27-28-29-30-32-33-36-39-42-45-48-51-57(60)63-54-55(53-62-56(59)50-47-44-41-38-35-24-21-18-15-12-9-6-3)64-58(61)52-49-46-43-40-37-34-31-26-23-20-17-14-11-8-5-2/h7-8,10-11,16-21,25-27,29-31,33,36-37,40,42,45-46,49,55H,4-6,9,12-15,22-24,28,32,34-35,38-39,41,43-44,47-48,50-54H2,1-3H3/b10-7-,11-8-,19-16-,20-17-,21-18-,27-25-,30-29-,31-26-,36-33-,40-37-,45-42-,49-46-. The van der Waals surface area contributed by atoms with Crippen LogP contribution < -0.4 is 0 Å². The third-order valence-electron chi connectivity index (χ3n) is 9.61. The fourth-order valence-electron chi connectivity index (χ4n) is 5.95. The molecular weight excluding hydrogens is 793 g/mol. The minimum Gasteiger partial charge on any atom is -0.462 e. The van der Waals surface area contributed by atoms with Gasteiger partial charge in [0.25, 0.3) is 0 Å². The van der Waals surface area contributed by atoms with Gasteiger partial charge in [0.15, 0.2) is 6.10 Å². The highest BCUT2D eigenvalue weighted by Gasteiger charge is 2.19. The Balaban J connectivity index is 4.66. The van der Waals surface area contributed by atoms with Crippen molar-refractivity contribution in [1.82, 2.24) is 0 Å². The lowest BCUT2D eigenvalue weighted by Gasteiger charge is -2.18. The van der Waals surface area contributed by atoms with E-state index < -0.39 is 18.0 Å². The summed E-state index contributed by atoms with van der Waals surface area (Å²) in [5.74, 6) is -1.19. The number of carbonyl (C=O) groups is 3. The third-order valence-corrected chi connectivity index (χ3v) is 9.61. The van der Waals surface area contributed by atoms with Crippen molar-refractivity contribution in [2.75, 3.05) is 13.2 Å². The second-order valence-corrected chi connectivity index (χ2v) is 15.6. The second-order valence-electron chi connectivity index (χ2n) is 15.6. The van der Waals surface area contributed by atoms with E-state index in [0.717, 1.165) is 96.3 Å². The second kappa shape index (κ2) is 50.9. The van der Waals surface area contributed by atoms with E-state index in [-0.39, 0.29) is 32.0 Å². The molecule has 0 fully saturated rings. The summed E-state index contributed by atoms with van der Waals surface area (Å²) in [6, 6.07) is 0. The predicted octanol–water partition coefficient (Wildman–Crippen LogP) is 16.5. The Morgan fingerprint density at radius 3 is 1.12 bits per heavy atom. The topological polar surface area (TPSA) is 78.9 Å². The maximum atomic E-state index is 12.7. The van der Waals surface area contributed by atoms with Gasteiger partial charge >= 0.3 is 17.9 Å². The molecule has 1 unspecified atom stereocenters. The maximum absolute atomic E-state index is 12.7. The van der Waals surface area contributed by atoms with Gasteiger partial charge in [-0.2, -0.15) is 0 Å². The minimum atomic E-state index is -0.871. The predicted molar refractivity (Wildman–Crippen MR) is 274 cm³/mol. The molecule has 356 valence electrons. The highest BCUT2D eigenvalue weighted by molar-refractivity contribution is 5.72. The monoisotopic (exact) mass is 881 g/mol. The zero-order valence-electron chi connectivity index (χ0n) is 40.5. The van der Waals surface area contributed by atoms with Crippen LogP contribution in [0.2, 0.25) is 0 Å². The molecule has 0 saturated heterocycles. The van der Waals surface area contributed by atoms with E-state index in [4.69, 9.17) is 14.2 Å². The maximum Gasteiger partial charge on any atom is 0.310 e. The molecule has 0 heterocycles. The molecule has 0 radical (unpaired) electrons. The van der Waals surface area contributed by atoms with Crippen LogP contribution in [0, 0.1) is 0 Å². The first kappa shape index (κ1) is 59.3. The molecule has 0 aromatic rings. The summed E-state index contributed by atoms with van der Waals surface area (Å²) in [5, 5.41) is 0. The van der Waals surface area contributed by atoms with Gasteiger partial charge < -0.3 is 14.2 Å². The first-order valence-electron chi connectivity index (χ1n) is 24.8. The summed E-state index contributed by atoms with van der Waals surface area (Å²) < 4.78 is 16.6. The van der Waals surface area contributed by atoms with E-state index in [1.807, 2.05) is 18.2 Å². The Bertz CT molecular complexity index is 1480. The van der Waals surface area contributed by atoms with Crippen molar-refractivity contribution in [3.05, 3.63) is 146 Å². The van der Waals surface area contributed by atoms with Gasteiger partial charge in [0.2, 0.25) is 0 Å². The van der Waals surface area contributed by atoms with E-state index in [0.29, 0.717) is 19.3 Å². The molecule has 0 aliphatic rings. The van der Waals surface area contributed by atoms with Gasteiger partial charge in [0.05, 0.1) is 6.42 Å². The Kier molecular flexibility index (Phi) is 47.2. The van der Waals surface area contributed by atoms with Crippen molar-refractivity contribution in [1.29, 1.82) is 0 Å². The van der Waals surface area contributed by atoms with Gasteiger partial charge in [-0.3, -0.25) is 14.4 Å². The van der Waals surface area contributed by atoms with Crippen LogP contribution in [0.15, 0.2) is 146 Å². The van der Waals surface area contributed by atoms with Crippen LogP contribution in [0.5, 0.6) is 0 Å². The lowest BCUT2D eigenvalue weighted by Crippen LogP contribution is -2.30. The Morgan fingerprint density at radius 2 is 0.688 bits per heavy atom. The number of allylic oxidation sites excluding steroid dienone is 23. The fraction of sp³-hybridized carbons (Fsp3) is 0.534. The van der Waals surface area contributed by atoms with E-state index in [2.05, 4.69) is 142 Å². The number of ether oxygens (including phenoxy) is 3. The summed E-state index contributed by atoms with van der Waals surface area (Å²) in [6.45, 7) is 6.19. The molecule has 0 N–H and O–H groups in total. The number of rotatable bonds is 42. The van der Waals surface area contributed by atoms with Crippen molar-refractivity contribution >= 4 is 17.9 Å². The average molecular weight is 881 g/mol. The van der Waals surface area contributed by atoms with Crippen LogP contribution in [0.25, 0.3) is 0 Å². The molecule has 0 rings (SSSR count). The molecule has 0 bridgehead atoms. The van der Waals surface area contributed by atoms with Gasteiger partial charge in [-0.1, -0.05) is 199 Å². The quantitative estimate of drug-likeness (QED) is 0.0263. The molecule has 0 aromatic carbocycles. The lowest BCUT2D eigenvalue weighted by atomic mass is 10.1. The van der Waals surface area contributed by atoms with E-state index >= 15 is 0 Å². The average Bonchev–Trinajstić information content (AvgIpc) is 3.29. The number of esters is 3. The largest absolute Gasteiger partial charge is 0.462 e. The smallest absolute Gasteiger partial charge is 0.310 e. The van der Waals surface area contributed by atoms with Crippen LogP contribution in [0.1, 0.15) is 181 Å². The summed E-state index contributed by atoms with van der Waals surface area (Å²) in [6.07, 6.45) is 72.9. The summed E-state index contributed by atoms with van der Waals surface area (Å²) in [5.41, 5.74) is 0. The van der Waals surface area contributed by atoms with E-state index in [1.165, 1.54) is 32.1 Å². The van der Waals surface area contributed by atoms with Crippen LogP contribution in [-0.4, -0.2) is 37.2 Å². The molecule has 0 aromatic heterocycles. The Morgan fingerprint density at radius 1 is 0.344 bits per heavy atom. The first-order chi connectivity index (χ1) is 31.5. The van der Waals surface area contributed by atoms with Gasteiger partial charge in [0.1, 0.15) is 13.2 Å². The molecule has 1 atom stereocenters. The Labute approximate surface area is 391 Å². The number of carbonyl (C=O) groups excluding carboxylic acids is 3. The number of unbranched alkanes of at least 4 members (excludes halogenated alkanes) is 8. The summed E-state index contributed by atoms with van der Waals surface area (Å²) in [4.78, 5) is 37.8. The first-order valence-corrected chi connectivity index (χ1v) is 24.8. The molecule has 6 nitrogen and oxygen atoms in total. The third kappa shape index (κ3) is 48.3. The van der Waals surface area contributed by atoms with Crippen LogP contribution in [0.3, 0.4) is 0 Å². The minimum absolute atomic E-state index is 0.0727. The zero-order chi connectivity index (χ0) is 46.5. The fourth-order valence-corrected chi connectivity index (χ4v) is 5.95. The van der Waals surface area contributed by atoms with Gasteiger partial charge in [-0.15, -0.1) is 0 Å². The SMILES string of the molecule is CC/C=C\C/C=C\C/C=C\C/C=C\C/C=C\C/C=C\CCC(=O)OCC(COC(=O)CCCCCCC/C=C\CCCCC)OC(=O)C/C=C\C/C=C\C/C=C\C/C=C\C/C=C\CC. The Hall–Kier alpha value is -4.71. The summed E-state index contributed by atoms with van der Waals surface area (Å²) in [7, 11) is 0. The molecule has 0 aliphatic carbocycles. The molecule has 6 heteroatoms. The van der Waals surface area contributed by atoms with Crippen molar-refractivity contribution in [2.24, 2.45) is 0 Å². The molecule has 0 spiro atoms. The lowest BCUT2D eigenvalue weighted by molar-refractivity contribution is -0.166. The molecule has 0 aliphatic heterocycles. The molecule has 64 heavy (non-hydrogen) atoms. The van der Waals surface area contributed by atoms with Crippen LogP contribution in [0.4, 0.5) is 0 Å².